The first-order chi connectivity index (χ1) is 7.42. The Balaban J connectivity index is 3.02. The van der Waals surface area contributed by atoms with Gasteiger partial charge in [-0.1, -0.05) is 28.9 Å². The van der Waals surface area contributed by atoms with Gasteiger partial charge in [0.2, 0.25) is 0 Å². The Kier molecular flexibility index (Phi) is 4.69. The van der Waals surface area contributed by atoms with Gasteiger partial charge >= 0.3 is 0 Å². The molecule has 0 aromatic heterocycles. The molecule has 0 heterocycles. The summed E-state index contributed by atoms with van der Waals surface area (Å²) in [5.41, 5.74) is 2.52. The third-order valence-electron chi connectivity index (χ3n) is 3.34. The molecule has 0 bridgehead atoms. The van der Waals surface area contributed by atoms with Crippen LogP contribution in [0.25, 0.3) is 0 Å². The van der Waals surface area contributed by atoms with Crippen LogP contribution in [0.15, 0.2) is 22.7 Å². The Hall–Kier alpha value is -0.210. The minimum absolute atomic E-state index is 0.169. The van der Waals surface area contributed by atoms with Crippen molar-refractivity contribution in [2.75, 3.05) is 11.9 Å². The molecule has 0 aliphatic rings. The molecular weight excluding hydrogens is 286 g/mol. The van der Waals surface area contributed by atoms with E-state index in [4.69, 9.17) is 11.6 Å². The number of hydrogen-bond donors (Lipinski definition) is 0. The number of halogens is 2. The van der Waals surface area contributed by atoms with E-state index in [1.807, 2.05) is 0 Å². The van der Waals surface area contributed by atoms with E-state index < -0.39 is 0 Å². The summed E-state index contributed by atoms with van der Waals surface area (Å²) in [6, 6.07) is 6.34. The minimum atomic E-state index is 0.169. The quantitative estimate of drug-likeness (QED) is 0.721. The van der Waals surface area contributed by atoms with Crippen molar-refractivity contribution in [3.8, 4) is 0 Å². The van der Waals surface area contributed by atoms with Crippen LogP contribution in [-0.2, 0) is 5.88 Å². The first-order valence-corrected chi connectivity index (χ1v) is 6.83. The van der Waals surface area contributed by atoms with Crippen LogP contribution in [0, 0.1) is 0 Å². The molecule has 0 unspecified atom stereocenters. The van der Waals surface area contributed by atoms with Crippen molar-refractivity contribution in [1.82, 2.24) is 0 Å². The second kappa shape index (κ2) is 5.42. The Labute approximate surface area is 112 Å². The molecule has 3 heteroatoms. The van der Waals surface area contributed by atoms with Crippen molar-refractivity contribution in [3.05, 3.63) is 28.2 Å². The highest BCUT2D eigenvalue weighted by atomic mass is 79.9. The number of rotatable bonds is 4. The highest BCUT2D eigenvalue weighted by Crippen LogP contribution is 2.29. The number of nitrogens with zero attached hydrogens (tertiary/aromatic N) is 1. The number of anilines is 1. The number of hydrogen-bond acceptors (Lipinski definition) is 1. The zero-order valence-electron chi connectivity index (χ0n) is 10.3. The molecule has 1 nitrogen and oxygen atoms in total. The first-order valence-electron chi connectivity index (χ1n) is 5.50. The highest BCUT2D eigenvalue weighted by Gasteiger charge is 2.21. The fourth-order valence-electron chi connectivity index (χ4n) is 1.44. The molecule has 0 radical (unpaired) electrons. The molecule has 0 aliphatic carbocycles. The summed E-state index contributed by atoms with van der Waals surface area (Å²) >= 11 is 9.39. The van der Waals surface area contributed by atoms with E-state index in [1.165, 1.54) is 5.69 Å². The van der Waals surface area contributed by atoms with Crippen LogP contribution in [-0.4, -0.2) is 12.6 Å². The predicted molar refractivity (Wildman–Crippen MR) is 76.5 cm³/mol. The minimum Gasteiger partial charge on any atom is -0.369 e. The average molecular weight is 305 g/mol. The largest absolute Gasteiger partial charge is 0.369 e. The second-order valence-electron chi connectivity index (χ2n) is 4.63. The van der Waals surface area contributed by atoms with Crippen molar-refractivity contribution in [3.63, 3.8) is 0 Å². The van der Waals surface area contributed by atoms with Crippen molar-refractivity contribution >= 4 is 33.2 Å². The van der Waals surface area contributed by atoms with Gasteiger partial charge in [-0.3, -0.25) is 0 Å². The zero-order valence-corrected chi connectivity index (χ0v) is 12.7. The summed E-state index contributed by atoms with van der Waals surface area (Å²) in [5, 5.41) is 0. The van der Waals surface area contributed by atoms with Crippen molar-refractivity contribution in [2.24, 2.45) is 0 Å². The fourth-order valence-corrected chi connectivity index (χ4v) is 2.34. The maximum Gasteiger partial charge on any atom is 0.0485 e. The average Bonchev–Trinajstić information content (AvgIpc) is 2.27. The molecule has 0 amide bonds. The molecule has 0 saturated heterocycles. The van der Waals surface area contributed by atoms with Crippen LogP contribution in [0.2, 0.25) is 0 Å². The molecule has 0 saturated carbocycles. The normalized spacial score (nSPS) is 11.6. The maximum atomic E-state index is 5.84. The smallest absolute Gasteiger partial charge is 0.0485 e. The lowest BCUT2D eigenvalue weighted by Gasteiger charge is -2.37. The van der Waals surface area contributed by atoms with E-state index in [1.54, 1.807) is 0 Å². The van der Waals surface area contributed by atoms with E-state index in [2.05, 4.69) is 66.8 Å². The summed E-state index contributed by atoms with van der Waals surface area (Å²) in [4.78, 5) is 2.30. The van der Waals surface area contributed by atoms with Gasteiger partial charge in [-0.05, 0) is 38.0 Å². The SMILES string of the molecule is CCC(C)(C)N(C)c1ccc(CCl)c(Br)c1. The molecule has 0 atom stereocenters. The van der Waals surface area contributed by atoms with Gasteiger partial charge in [-0.2, -0.15) is 0 Å². The Morgan fingerprint density at radius 1 is 1.38 bits per heavy atom. The summed E-state index contributed by atoms with van der Waals surface area (Å²) < 4.78 is 1.08. The van der Waals surface area contributed by atoms with Gasteiger partial charge in [-0.25, -0.2) is 0 Å². The van der Waals surface area contributed by atoms with Gasteiger partial charge in [-0.15, -0.1) is 11.6 Å². The van der Waals surface area contributed by atoms with Crippen LogP contribution < -0.4 is 4.90 Å². The topological polar surface area (TPSA) is 3.24 Å². The standard InChI is InChI=1S/C13H19BrClN/c1-5-13(2,3)16(4)11-7-6-10(9-15)12(14)8-11/h6-8H,5,9H2,1-4H3. The maximum absolute atomic E-state index is 5.84. The van der Waals surface area contributed by atoms with Gasteiger partial charge in [0.15, 0.2) is 0 Å². The fraction of sp³-hybridized carbons (Fsp3) is 0.538. The van der Waals surface area contributed by atoms with Crippen molar-refractivity contribution < 1.29 is 0 Å². The van der Waals surface area contributed by atoms with E-state index in [0.29, 0.717) is 5.88 Å². The van der Waals surface area contributed by atoms with Crippen LogP contribution >= 0.6 is 27.5 Å². The molecule has 1 aromatic rings. The van der Waals surface area contributed by atoms with Crippen LogP contribution in [0.3, 0.4) is 0 Å². The van der Waals surface area contributed by atoms with E-state index in [-0.39, 0.29) is 5.54 Å². The van der Waals surface area contributed by atoms with Crippen LogP contribution in [0.1, 0.15) is 32.8 Å². The predicted octanol–water partition coefficient (Wildman–Crippen LogP) is 4.81. The lowest BCUT2D eigenvalue weighted by molar-refractivity contribution is 0.471. The van der Waals surface area contributed by atoms with Gasteiger partial charge in [0.1, 0.15) is 0 Å². The van der Waals surface area contributed by atoms with Crippen molar-refractivity contribution in [1.29, 1.82) is 0 Å². The Morgan fingerprint density at radius 2 is 2.00 bits per heavy atom. The molecular formula is C13H19BrClN. The molecule has 1 aromatic carbocycles. The Bertz CT molecular complexity index is 363. The van der Waals surface area contributed by atoms with E-state index in [0.717, 1.165) is 16.5 Å². The summed E-state index contributed by atoms with van der Waals surface area (Å²) in [7, 11) is 2.13. The lowest BCUT2D eigenvalue weighted by atomic mass is 9.99. The first kappa shape index (κ1) is 13.9. The molecule has 16 heavy (non-hydrogen) atoms. The summed E-state index contributed by atoms with van der Waals surface area (Å²) in [6.45, 7) is 6.70. The lowest BCUT2D eigenvalue weighted by Crippen LogP contribution is -2.40. The van der Waals surface area contributed by atoms with E-state index in [9.17, 15) is 0 Å². The van der Waals surface area contributed by atoms with Gasteiger partial charge < -0.3 is 4.90 Å². The van der Waals surface area contributed by atoms with Gasteiger partial charge in [0.05, 0.1) is 0 Å². The van der Waals surface area contributed by atoms with Crippen molar-refractivity contribution in [2.45, 2.75) is 38.6 Å². The molecule has 0 spiro atoms. The molecule has 90 valence electrons. The zero-order chi connectivity index (χ0) is 12.3. The third kappa shape index (κ3) is 2.92. The second-order valence-corrected chi connectivity index (χ2v) is 5.76. The molecule has 0 N–H and O–H groups in total. The Morgan fingerprint density at radius 3 is 2.44 bits per heavy atom. The number of alkyl halides is 1. The molecule has 0 fully saturated rings. The monoisotopic (exact) mass is 303 g/mol. The number of benzene rings is 1. The van der Waals surface area contributed by atoms with Gasteiger partial charge in [0.25, 0.3) is 0 Å². The van der Waals surface area contributed by atoms with Crippen LogP contribution in [0.4, 0.5) is 5.69 Å². The summed E-state index contributed by atoms with van der Waals surface area (Å²) in [6.07, 6.45) is 1.11. The molecule has 1 rings (SSSR count). The van der Waals surface area contributed by atoms with E-state index >= 15 is 0 Å². The van der Waals surface area contributed by atoms with Gasteiger partial charge in [0, 0.05) is 28.6 Å². The summed E-state index contributed by atoms with van der Waals surface area (Å²) in [5.74, 6) is 0.543. The van der Waals surface area contributed by atoms with Crippen LogP contribution in [0.5, 0.6) is 0 Å². The third-order valence-corrected chi connectivity index (χ3v) is 4.37. The highest BCUT2D eigenvalue weighted by molar-refractivity contribution is 9.10. The molecule has 0 aliphatic heterocycles.